The molecule has 166 valence electrons. The van der Waals surface area contributed by atoms with Crippen LogP contribution >= 0.6 is 0 Å². The van der Waals surface area contributed by atoms with Crippen LogP contribution in [0.15, 0.2) is 54.6 Å². The molecule has 0 saturated heterocycles. The highest BCUT2D eigenvalue weighted by Gasteiger charge is 2.19. The zero-order chi connectivity index (χ0) is 23.3. The normalized spacial score (nSPS) is 10.5. The Bertz CT molecular complexity index is 1170. The molecule has 0 aliphatic rings. The van der Waals surface area contributed by atoms with Gasteiger partial charge >= 0.3 is 5.97 Å². The number of carbonyl (C=O) groups is 3. The molecule has 0 saturated carbocycles. The molecule has 0 unspecified atom stereocenters. The fraction of sp³-hybridized carbons (Fsp3) is 0.208. The van der Waals surface area contributed by atoms with Gasteiger partial charge in [-0.15, -0.1) is 0 Å². The van der Waals surface area contributed by atoms with E-state index in [-0.39, 0.29) is 12.4 Å². The van der Waals surface area contributed by atoms with Crippen molar-refractivity contribution in [2.75, 3.05) is 20.3 Å². The Morgan fingerprint density at radius 1 is 1.03 bits per heavy atom. The van der Waals surface area contributed by atoms with Crippen LogP contribution in [0, 0.1) is 19.7 Å². The van der Waals surface area contributed by atoms with Gasteiger partial charge in [0, 0.05) is 28.2 Å². The SMILES string of the molecule is COc1cccc(C(=O)NCC(=O)OCC(=O)c2cc(C)n(-c3cccc(F)c3)c2C)c1. The molecule has 0 spiro atoms. The van der Waals surface area contributed by atoms with Crippen molar-refractivity contribution < 1.29 is 28.2 Å². The summed E-state index contributed by atoms with van der Waals surface area (Å²) in [5, 5.41) is 2.44. The Balaban J connectivity index is 1.58. The number of amides is 1. The number of nitrogens with zero attached hydrogens (tertiary/aromatic N) is 1. The first kappa shape index (κ1) is 22.7. The van der Waals surface area contributed by atoms with Gasteiger partial charge in [-0.1, -0.05) is 12.1 Å². The van der Waals surface area contributed by atoms with Gasteiger partial charge in [0.1, 0.15) is 18.1 Å². The summed E-state index contributed by atoms with van der Waals surface area (Å²) in [6.07, 6.45) is 0. The van der Waals surface area contributed by atoms with Gasteiger partial charge in [0.15, 0.2) is 6.61 Å². The molecule has 2 aromatic carbocycles. The molecule has 32 heavy (non-hydrogen) atoms. The molecule has 1 amide bonds. The number of ether oxygens (including phenoxy) is 2. The number of aromatic nitrogens is 1. The molecule has 0 fully saturated rings. The number of Topliss-reactive ketones (excluding diaryl/α,β-unsaturated/α-hetero) is 1. The summed E-state index contributed by atoms with van der Waals surface area (Å²) < 4.78 is 25.4. The van der Waals surface area contributed by atoms with Crippen molar-refractivity contribution in [1.29, 1.82) is 0 Å². The predicted molar refractivity (Wildman–Crippen MR) is 116 cm³/mol. The highest BCUT2D eigenvalue weighted by atomic mass is 19.1. The molecule has 3 aromatic rings. The second-order valence-electron chi connectivity index (χ2n) is 7.10. The summed E-state index contributed by atoms with van der Waals surface area (Å²) in [5.74, 6) is -1.47. The highest BCUT2D eigenvalue weighted by molar-refractivity contribution is 6.00. The summed E-state index contributed by atoms with van der Waals surface area (Å²) in [6.45, 7) is 2.68. The number of hydrogen-bond acceptors (Lipinski definition) is 5. The van der Waals surface area contributed by atoms with Crippen molar-refractivity contribution in [1.82, 2.24) is 9.88 Å². The molecule has 1 aromatic heterocycles. The molecule has 0 aliphatic carbocycles. The average Bonchev–Trinajstić information content (AvgIpc) is 3.09. The van der Waals surface area contributed by atoms with Gasteiger partial charge in [0.05, 0.1) is 7.11 Å². The van der Waals surface area contributed by atoms with Gasteiger partial charge in [0.25, 0.3) is 5.91 Å². The minimum atomic E-state index is -0.742. The van der Waals surface area contributed by atoms with E-state index in [4.69, 9.17) is 9.47 Å². The number of ketones is 1. The molecule has 1 N–H and O–H groups in total. The lowest BCUT2D eigenvalue weighted by atomic mass is 10.1. The third kappa shape index (κ3) is 5.21. The Hall–Kier alpha value is -3.94. The number of hydrogen-bond donors (Lipinski definition) is 1. The van der Waals surface area contributed by atoms with E-state index in [0.29, 0.717) is 28.3 Å². The van der Waals surface area contributed by atoms with Crippen LogP contribution in [-0.4, -0.2) is 42.5 Å². The topological polar surface area (TPSA) is 86.6 Å². The quantitative estimate of drug-likeness (QED) is 0.430. The lowest BCUT2D eigenvalue weighted by molar-refractivity contribution is -0.141. The average molecular weight is 438 g/mol. The lowest BCUT2D eigenvalue weighted by Gasteiger charge is -2.10. The second kappa shape index (κ2) is 9.91. The molecular formula is C24H23FN2O5. The second-order valence-corrected chi connectivity index (χ2v) is 7.10. The number of methoxy groups -OCH3 is 1. The number of rotatable bonds is 8. The summed E-state index contributed by atoms with van der Waals surface area (Å²) >= 11 is 0. The van der Waals surface area contributed by atoms with Crippen LogP contribution in [0.2, 0.25) is 0 Å². The fourth-order valence-corrected chi connectivity index (χ4v) is 3.35. The van der Waals surface area contributed by atoms with Crippen molar-refractivity contribution in [3.63, 3.8) is 0 Å². The number of halogens is 1. The maximum Gasteiger partial charge on any atom is 0.325 e. The maximum absolute atomic E-state index is 13.6. The molecule has 0 aliphatic heterocycles. The molecule has 0 bridgehead atoms. The highest BCUT2D eigenvalue weighted by Crippen LogP contribution is 2.22. The molecule has 8 heteroatoms. The zero-order valence-electron chi connectivity index (χ0n) is 18.0. The van der Waals surface area contributed by atoms with E-state index in [1.807, 2.05) is 0 Å². The van der Waals surface area contributed by atoms with Crippen molar-refractivity contribution >= 4 is 17.7 Å². The van der Waals surface area contributed by atoms with Crippen LogP contribution in [0.25, 0.3) is 5.69 Å². The summed E-state index contributed by atoms with van der Waals surface area (Å²) in [7, 11) is 1.49. The number of nitrogens with one attached hydrogen (secondary N) is 1. The first-order valence-corrected chi connectivity index (χ1v) is 9.86. The molecule has 7 nitrogen and oxygen atoms in total. The first-order valence-electron chi connectivity index (χ1n) is 9.86. The van der Waals surface area contributed by atoms with Gasteiger partial charge in [-0.3, -0.25) is 14.4 Å². The Kier molecular flexibility index (Phi) is 7.04. The van der Waals surface area contributed by atoms with E-state index in [2.05, 4.69) is 5.32 Å². The molecule has 3 rings (SSSR count). The minimum absolute atomic E-state index is 0.331. The largest absolute Gasteiger partial charge is 0.497 e. The molecule has 0 atom stereocenters. The van der Waals surface area contributed by atoms with Gasteiger partial charge in [0.2, 0.25) is 5.78 Å². The molecular weight excluding hydrogens is 415 g/mol. The standard InChI is InChI=1S/C24H23FN2O5/c1-15-10-21(16(2)27(15)19-8-5-7-18(25)12-19)22(28)14-32-23(29)13-26-24(30)17-6-4-9-20(11-17)31-3/h4-12H,13-14H2,1-3H3,(H,26,30). The number of benzene rings is 2. The van der Waals surface area contributed by atoms with Crippen molar-refractivity contribution in [3.05, 3.63) is 82.9 Å². The van der Waals surface area contributed by atoms with Crippen LogP contribution in [0.1, 0.15) is 32.1 Å². The molecule has 1 heterocycles. The Labute approximate surface area is 184 Å². The number of carbonyl (C=O) groups excluding carboxylic acids is 3. The lowest BCUT2D eigenvalue weighted by Crippen LogP contribution is -2.31. The van der Waals surface area contributed by atoms with Crippen molar-refractivity contribution in [2.45, 2.75) is 13.8 Å². The van der Waals surface area contributed by atoms with Crippen LogP contribution in [0.4, 0.5) is 4.39 Å². The summed E-state index contributed by atoms with van der Waals surface area (Å²) in [5.41, 5.74) is 2.66. The van der Waals surface area contributed by atoms with Crippen molar-refractivity contribution in [3.8, 4) is 11.4 Å². The maximum atomic E-state index is 13.6. The van der Waals surface area contributed by atoms with E-state index in [9.17, 15) is 18.8 Å². The first-order chi connectivity index (χ1) is 15.3. The fourth-order valence-electron chi connectivity index (χ4n) is 3.35. The Morgan fingerprint density at radius 2 is 1.78 bits per heavy atom. The number of aryl methyl sites for hydroxylation is 1. The van der Waals surface area contributed by atoms with E-state index >= 15 is 0 Å². The Morgan fingerprint density at radius 3 is 2.50 bits per heavy atom. The smallest absolute Gasteiger partial charge is 0.325 e. The van der Waals surface area contributed by atoms with Gasteiger partial charge in [-0.05, 0) is 56.3 Å². The third-order valence-electron chi connectivity index (χ3n) is 4.89. The van der Waals surface area contributed by atoms with E-state index < -0.39 is 24.3 Å². The van der Waals surface area contributed by atoms with Gasteiger partial charge < -0.3 is 19.4 Å². The van der Waals surface area contributed by atoms with Gasteiger partial charge in [-0.2, -0.15) is 0 Å². The minimum Gasteiger partial charge on any atom is -0.497 e. The van der Waals surface area contributed by atoms with Gasteiger partial charge in [-0.25, -0.2) is 4.39 Å². The zero-order valence-corrected chi connectivity index (χ0v) is 18.0. The monoisotopic (exact) mass is 438 g/mol. The van der Waals surface area contributed by atoms with Crippen LogP contribution in [0.5, 0.6) is 5.75 Å². The van der Waals surface area contributed by atoms with E-state index in [1.165, 1.54) is 19.2 Å². The molecule has 0 radical (unpaired) electrons. The van der Waals surface area contributed by atoms with Crippen molar-refractivity contribution in [2.24, 2.45) is 0 Å². The van der Waals surface area contributed by atoms with Crippen LogP contribution < -0.4 is 10.1 Å². The summed E-state index contributed by atoms with van der Waals surface area (Å²) in [4.78, 5) is 36.7. The van der Waals surface area contributed by atoms with Crippen LogP contribution in [-0.2, 0) is 9.53 Å². The third-order valence-corrected chi connectivity index (χ3v) is 4.89. The van der Waals surface area contributed by atoms with E-state index in [0.717, 1.165) is 5.69 Å². The predicted octanol–water partition coefficient (Wildman–Crippen LogP) is 3.40. The van der Waals surface area contributed by atoms with E-state index in [1.54, 1.807) is 60.9 Å². The number of esters is 1. The summed E-state index contributed by atoms with van der Waals surface area (Å²) in [6, 6.07) is 14.2. The van der Waals surface area contributed by atoms with Crippen LogP contribution in [0.3, 0.4) is 0 Å².